The number of benzene rings is 1. The van der Waals surface area contributed by atoms with Crippen LogP contribution >= 0.6 is 0 Å². The Morgan fingerprint density at radius 3 is 2.76 bits per heavy atom. The zero-order valence-corrected chi connectivity index (χ0v) is 9.28. The van der Waals surface area contributed by atoms with Gasteiger partial charge in [-0.05, 0) is 11.6 Å². The topological polar surface area (TPSA) is 55.8 Å². The Bertz CT molecular complexity index is 399. The first kappa shape index (κ1) is 11.8. The summed E-state index contributed by atoms with van der Waals surface area (Å²) in [5.74, 6) is -0.419. The summed E-state index contributed by atoms with van der Waals surface area (Å²) >= 11 is 0. The van der Waals surface area contributed by atoms with Crippen LogP contribution in [0.25, 0.3) is 0 Å². The molecule has 0 saturated heterocycles. The first-order chi connectivity index (χ1) is 8.25. The number of esters is 1. The third-order valence-electron chi connectivity index (χ3n) is 2.45. The molecule has 0 radical (unpaired) electrons. The molecule has 90 valence electrons. The largest absolute Gasteiger partial charge is 0.452 e. The Labute approximate surface area is 99.5 Å². The lowest BCUT2D eigenvalue weighted by Gasteiger charge is -2.16. The van der Waals surface area contributed by atoms with Crippen LogP contribution in [0.1, 0.15) is 5.56 Å². The number of hydrogen-bond acceptors (Lipinski definition) is 4. The van der Waals surface area contributed by atoms with Gasteiger partial charge in [-0.2, -0.15) is 0 Å². The lowest BCUT2D eigenvalue weighted by atomic mass is 10.2. The molecule has 0 amide bonds. The highest BCUT2D eigenvalue weighted by molar-refractivity contribution is 5.84. The van der Waals surface area contributed by atoms with Gasteiger partial charge in [-0.25, -0.2) is 4.79 Å². The molecule has 4 nitrogen and oxygen atoms in total. The second kappa shape index (κ2) is 5.61. The summed E-state index contributed by atoms with van der Waals surface area (Å²) in [4.78, 5) is 10.8. The molecule has 0 saturated carbocycles. The Morgan fingerprint density at radius 1 is 1.35 bits per heavy atom. The second-order valence-electron chi connectivity index (χ2n) is 3.83. The molecule has 1 heterocycles. The van der Waals surface area contributed by atoms with E-state index in [9.17, 15) is 9.90 Å². The number of aliphatic hydroxyl groups excluding tert-OH is 1. The maximum atomic E-state index is 10.8. The van der Waals surface area contributed by atoms with Gasteiger partial charge in [-0.3, -0.25) is 0 Å². The van der Waals surface area contributed by atoms with E-state index in [1.165, 1.54) is 6.08 Å². The SMILES string of the molecule is O=C1C=C[C@@H]([C@H](O)COCc2ccccc2)O1. The van der Waals surface area contributed by atoms with Gasteiger partial charge < -0.3 is 14.6 Å². The lowest BCUT2D eigenvalue weighted by Crippen LogP contribution is -2.30. The van der Waals surface area contributed by atoms with Crippen LogP contribution < -0.4 is 0 Å². The van der Waals surface area contributed by atoms with Crippen LogP contribution in [0.2, 0.25) is 0 Å². The van der Waals surface area contributed by atoms with Crippen molar-refractivity contribution in [2.24, 2.45) is 0 Å². The molecular formula is C13H14O4. The number of cyclic esters (lactones) is 1. The van der Waals surface area contributed by atoms with E-state index < -0.39 is 18.2 Å². The molecule has 0 unspecified atom stereocenters. The fourth-order valence-corrected chi connectivity index (χ4v) is 1.56. The quantitative estimate of drug-likeness (QED) is 0.773. The van der Waals surface area contributed by atoms with Gasteiger partial charge in [0.2, 0.25) is 0 Å². The van der Waals surface area contributed by atoms with E-state index >= 15 is 0 Å². The lowest BCUT2D eigenvalue weighted by molar-refractivity contribution is -0.144. The van der Waals surface area contributed by atoms with E-state index in [0.717, 1.165) is 5.56 Å². The van der Waals surface area contributed by atoms with E-state index in [2.05, 4.69) is 0 Å². The summed E-state index contributed by atoms with van der Waals surface area (Å²) in [5.41, 5.74) is 1.04. The summed E-state index contributed by atoms with van der Waals surface area (Å²) in [6.45, 7) is 0.569. The Balaban J connectivity index is 1.72. The molecule has 4 heteroatoms. The minimum absolute atomic E-state index is 0.136. The van der Waals surface area contributed by atoms with Gasteiger partial charge >= 0.3 is 5.97 Å². The fraction of sp³-hybridized carbons (Fsp3) is 0.308. The average molecular weight is 234 g/mol. The standard InChI is InChI=1S/C13H14O4/c14-11(12-6-7-13(15)17-12)9-16-8-10-4-2-1-3-5-10/h1-7,11-12,14H,8-9H2/t11-,12+/m1/s1. The molecule has 1 aliphatic rings. The predicted octanol–water partition coefficient (Wildman–Crippen LogP) is 1.05. The molecule has 1 aliphatic heterocycles. The Hall–Kier alpha value is -1.65. The monoisotopic (exact) mass is 234 g/mol. The minimum atomic E-state index is -0.818. The molecular weight excluding hydrogens is 220 g/mol. The average Bonchev–Trinajstić information content (AvgIpc) is 2.77. The zero-order chi connectivity index (χ0) is 12.1. The van der Waals surface area contributed by atoms with Gasteiger partial charge in [0.15, 0.2) is 0 Å². The number of ether oxygens (including phenoxy) is 2. The molecule has 0 fully saturated rings. The summed E-state index contributed by atoms with van der Waals surface area (Å²) in [5, 5.41) is 9.69. The Morgan fingerprint density at radius 2 is 2.12 bits per heavy atom. The molecule has 1 aromatic rings. The van der Waals surface area contributed by atoms with Crippen molar-refractivity contribution in [3.05, 3.63) is 48.0 Å². The van der Waals surface area contributed by atoms with Crippen molar-refractivity contribution < 1.29 is 19.4 Å². The highest BCUT2D eigenvalue weighted by Gasteiger charge is 2.24. The van der Waals surface area contributed by atoms with Gasteiger partial charge in [0.25, 0.3) is 0 Å². The molecule has 1 aromatic carbocycles. The van der Waals surface area contributed by atoms with Gasteiger partial charge in [-0.15, -0.1) is 0 Å². The Kier molecular flexibility index (Phi) is 3.90. The van der Waals surface area contributed by atoms with Crippen LogP contribution in [0.5, 0.6) is 0 Å². The van der Waals surface area contributed by atoms with Crippen molar-refractivity contribution >= 4 is 5.97 Å². The normalized spacial score (nSPS) is 20.3. The van der Waals surface area contributed by atoms with Crippen molar-refractivity contribution in [3.8, 4) is 0 Å². The molecule has 17 heavy (non-hydrogen) atoms. The summed E-state index contributed by atoms with van der Waals surface area (Å²) in [6, 6.07) is 9.68. The van der Waals surface area contributed by atoms with Crippen LogP contribution in [0, 0.1) is 0 Å². The molecule has 0 aliphatic carbocycles. The van der Waals surface area contributed by atoms with Gasteiger partial charge in [0.1, 0.15) is 12.2 Å². The van der Waals surface area contributed by atoms with E-state index in [1.807, 2.05) is 30.3 Å². The van der Waals surface area contributed by atoms with E-state index in [0.29, 0.717) is 6.61 Å². The highest BCUT2D eigenvalue weighted by atomic mass is 16.6. The molecule has 0 bridgehead atoms. The molecule has 2 rings (SSSR count). The van der Waals surface area contributed by atoms with Crippen molar-refractivity contribution in [1.29, 1.82) is 0 Å². The minimum Gasteiger partial charge on any atom is -0.452 e. The number of carbonyl (C=O) groups is 1. The van der Waals surface area contributed by atoms with E-state index in [1.54, 1.807) is 6.08 Å². The van der Waals surface area contributed by atoms with Gasteiger partial charge in [0, 0.05) is 6.08 Å². The van der Waals surface area contributed by atoms with Gasteiger partial charge in [-0.1, -0.05) is 30.3 Å². The van der Waals surface area contributed by atoms with Crippen LogP contribution in [0.4, 0.5) is 0 Å². The summed E-state index contributed by atoms with van der Waals surface area (Å²) in [7, 11) is 0. The van der Waals surface area contributed by atoms with Crippen LogP contribution in [-0.2, 0) is 20.9 Å². The van der Waals surface area contributed by atoms with E-state index in [-0.39, 0.29) is 6.61 Å². The van der Waals surface area contributed by atoms with Crippen molar-refractivity contribution in [3.63, 3.8) is 0 Å². The van der Waals surface area contributed by atoms with Crippen molar-refractivity contribution in [2.45, 2.75) is 18.8 Å². The molecule has 2 atom stereocenters. The smallest absolute Gasteiger partial charge is 0.331 e. The maximum Gasteiger partial charge on any atom is 0.331 e. The summed E-state index contributed by atoms with van der Waals surface area (Å²) in [6.07, 6.45) is 1.45. The third-order valence-corrected chi connectivity index (χ3v) is 2.45. The molecule has 1 N–H and O–H groups in total. The summed E-state index contributed by atoms with van der Waals surface area (Å²) < 4.78 is 10.2. The number of carbonyl (C=O) groups excluding carboxylic acids is 1. The number of rotatable bonds is 5. The second-order valence-corrected chi connectivity index (χ2v) is 3.83. The molecule has 0 spiro atoms. The fourth-order valence-electron chi connectivity index (χ4n) is 1.56. The number of hydrogen-bond donors (Lipinski definition) is 1. The predicted molar refractivity (Wildman–Crippen MR) is 61.1 cm³/mol. The maximum absolute atomic E-state index is 10.8. The van der Waals surface area contributed by atoms with E-state index in [4.69, 9.17) is 9.47 Å². The third kappa shape index (κ3) is 3.41. The van der Waals surface area contributed by atoms with Crippen molar-refractivity contribution in [2.75, 3.05) is 6.61 Å². The first-order valence-electron chi connectivity index (χ1n) is 5.44. The molecule has 0 aromatic heterocycles. The van der Waals surface area contributed by atoms with Crippen LogP contribution in [0.3, 0.4) is 0 Å². The van der Waals surface area contributed by atoms with Gasteiger partial charge in [0.05, 0.1) is 13.2 Å². The highest BCUT2D eigenvalue weighted by Crippen LogP contribution is 2.10. The van der Waals surface area contributed by atoms with Crippen molar-refractivity contribution in [1.82, 2.24) is 0 Å². The van der Waals surface area contributed by atoms with Crippen LogP contribution in [0.15, 0.2) is 42.5 Å². The zero-order valence-electron chi connectivity index (χ0n) is 9.28. The number of aliphatic hydroxyl groups is 1. The van der Waals surface area contributed by atoms with Crippen LogP contribution in [-0.4, -0.2) is 29.9 Å². The first-order valence-corrected chi connectivity index (χ1v) is 5.44.